The van der Waals surface area contributed by atoms with Crippen molar-refractivity contribution in [1.29, 1.82) is 0 Å². The Kier molecular flexibility index (Phi) is 4.11. The zero-order valence-electron chi connectivity index (χ0n) is 9.96. The number of nitrogens with one attached hydrogen (secondary N) is 1. The van der Waals surface area contributed by atoms with Gasteiger partial charge in [-0.15, -0.1) is 0 Å². The van der Waals surface area contributed by atoms with Crippen LogP contribution < -0.4 is 5.32 Å². The molecule has 1 N–H and O–H groups in total. The normalized spacial score (nSPS) is 20.7. The van der Waals surface area contributed by atoms with Gasteiger partial charge in [-0.25, -0.2) is 0 Å². The van der Waals surface area contributed by atoms with Gasteiger partial charge in [-0.1, -0.05) is 0 Å². The van der Waals surface area contributed by atoms with Crippen LogP contribution in [0.15, 0.2) is 24.3 Å². The molecule has 1 aromatic carbocycles. The SMILES string of the molecule is FC(F)(F)c1ccc(NCC2CCCCO2)cc1. The molecule has 0 amide bonds. The first-order valence-corrected chi connectivity index (χ1v) is 6.08. The molecule has 0 saturated carbocycles. The second-order valence-corrected chi connectivity index (χ2v) is 4.44. The molecular weight excluding hydrogens is 243 g/mol. The van der Waals surface area contributed by atoms with Crippen LogP contribution >= 0.6 is 0 Å². The van der Waals surface area contributed by atoms with Gasteiger partial charge in [0, 0.05) is 18.8 Å². The zero-order chi connectivity index (χ0) is 13.0. The van der Waals surface area contributed by atoms with Gasteiger partial charge < -0.3 is 10.1 Å². The van der Waals surface area contributed by atoms with Crippen molar-refractivity contribution in [2.45, 2.75) is 31.5 Å². The summed E-state index contributed by atoms with van der Waals surface area (Å²) in [5, 5.41) is 3.10. The van der Waals surface area contributed by atoms with Gasteiger partial charge in [-0.05, 0) is 43.5 Å². The minimum atomic E-state index is -4.27. The van der Waals surface area contributed by atoms with E-state index in [0.29, 0.717) is 12.2 Å². The molecule has 1 unspecified atom stereocenters. The molecular formula is C13H16F3NO. The molecule has 1 atom stereocenters. The standard InChI is InChI=1S/C13H16F3NO/c14-13(15,16)10-4-6-11(7-5-10)17-9-12-3-1-2-8-18-12/h4-7,12,17H,1-3,8-9H2. The fourth-order valence-corrected chi connectivity index (χ4v) is 1.98. The van der Waals surface area contributed by atoms with Crippen molar-refractivity contribution >= 4 is 5.69 Å². The summed E-state index contributed by atoms with van der Waals surface area (Å²) in [6.07, 6.45) is -0.851. The molecule has 1 saturated heterocycles. The van der Waals surface area contributed by atoms with Crippen LogP contribution in [0.2, 0.25) is 0 Å². The molecule has 1 aromatic rings. The van der Waals surface area contributed by atoms with E-state index >= 15 is 0 Å². The number of halogens is 3. The van der Waals surface area contributed by atoms with E-state index in [1.807, 2.05) is 0 Å². The van der Waals surface area contributed by atoms with Crippen LogP contribution in [0.25, 0.3) is 0 Å². The number of anilines is 1. The van der Waals surface area contributed by atoms with Crippen molar-refractivity contribution < 1.29 is 17.9 Å². The van der Waals surface area contributed by atoms with Gasteiger partial charge in [-0.3, -0.25) is 0 Å². The Balaban J connectivity index is 1.86. The van der Waals surface area contributed by atoms with E-state index in [0.717, 1.165) is 38.0 Å². The molecule has 0 aliphatic carbocycles. The first-order chi connectivity index (χ1) is 8.55. The van der Waals surface area contributed by atoms with Crippen molar-refractivity contribution in [3.8, 4) is 0 Å². The van der Waals surface area contributed by atoms with Crippen molar-refractivity contribution in [3.63, 3.8) is 0 Å². The number of hydrogen-bond donors (Lipinski definition) is 1. The van der Waals surface area contributed by atoms with Gasteiger partial charge in [0.05, 0.1) is 11.7 Å². The van der Waals surface area contributed by atoms with E-state index in [1.165, 1.54) is 12.1 Å². The summed E-state index contributed by atoms with van der Waals surface area (Å²) in [5.41, 5.74) is 0.0686. The zero-order valence-corrected chi connectivity index (χ0v) is 9.96. The quantitative estimate of drug-likeness (QED) is 0.894. The lowest BCUT2D eigenvalue weighted by atomic mass is 10.1. The Hall–Kier alpha value is -1.23. The van der Waals surface area contributed by atoms with Gasteiger partial charge in [0.15, 0.2) is 0 Å². The molecule has 18 heavy (non-hydrogen) atoms. The lowest BCUT2D eigenvalue weighted by molar-refractivity contribution is -0.137. The molecule has 1 aliphatic rings. The number of benzene rings is 1. The van der Waals surface area contributed by atoms with E-state index < -0.39 is 11.7 Å². The third kappa shape index (κ3) is 3.63. The molecule has 0 aromatic heterocycles. The van der Waals surface area contributed by atoms with E-state index in [2.05, 4.69) is 5.32 Å². The van der Waals surface area contributed by atoms with Crippen molar-refractivity contribution in [2.24, 2.45) is 0 Å². The molecule has 0 spiro atoms. The number of hydrogen-bond acceptors (Lipinski definition) is 2. The maximum atomic E-state index is 12.4. The Morgan fingerprint density at radius 1 is 1.17 bits per heavy atom. The smallest absolute Gasteiger partial charge is 0.382 e. The molecule has 0 bridgehead atoms. The minimum Gasteiger partial charge on any atom is -0.382 e. The minimum absolute atomic E-state index is 0.168. The van der Waals surface area contributed by atoms with Gasteiger partial charge in [-0.2, -0.15) is 13.2 Å². The van der Waals surface area contributed by atoms with E-state index in [1.54, 1.807) is 0 Å². The highest BCUT2D eigenvalue weighted by atomic mass is 19.4. The van der Waals surface area contributed by atoms with Crippen LogP contribution in [0.1, 0.15) is 24.8 Å². The second kappa shape index (κ2) is 5.61. The highest BCUT2D eigenvalue weighted by molar-refractivity contribution is 5.45. The van der Waals surface area contributed by atoms with Crippen LogP contribution in [-0.2, 0) is 10.9 Å². The summed E-state index contributed by atoms with van der Waals surface area (Å²) in [6.45, 7) is 1.42. The van der Waals surface area contributed by atoms with Crippen LogP contribution in [0.5, 0.6) is 0 Å². The second-order valence-electron chi connectivity index (χ2n) is 4.44. The lowest BCUT2D eigenvalue weighted by Gasteiger charge is -2.23. The highest BCUT2D eigenvalue weighted by Gasteiger charge is 2.29. The predicted molar refractivity (Wildman–Crippen MR) is 63.5 cm³/mol. The van der Waals surface area contributed by atoms with Gasteiger partial charge >= 0.3 is 6.18 Å². The lowest BCUT2D eigenvalue weighted by Crippen LogP contribution is -2.26. The molecule has 5 heteroatoms. The molecule has 2 rings (SSSR count). The maximum Gasteiger partial charge on any atom is 0.416 e. The van der Waals surface area contributed by atoms with Gasteiger partial charge in [0.1, 0.15) is 0 Å². The third-order valence-corrected chi connectivity index (χ3v) is 3.02. The Labute approximate surface area is 104 Å². The van der Waals surface area contributed by atoms with E-state index in [-0.39, 0.29) is 6.10 Å². The van der Waals surface area contributed by atoms with Crippen LogP contribution in [0.3, 0.4) is 0 Å². The van der Waals surface area contributed by atoms with Crippen molar-refractivity contribution in [1.82, 2.24) is 0 Å². The summed E-state index contributed by atoms with van der Waals surface area (Å²) in [4.78, 5) is 0. The summed E-state index contributed by atoms with van der Waals surface area (Å²) in [7, 11) is 0. The van der Waals surface area contributed by atoms with Crippen LogP contribution in [0.4, 0.5) is 18.9 Å². The molecule has 1 fully saturated rings. The summed E-state index contributed by atoms with van der Waals surface area (Å²) >= 11 is 0. The fourth-order valence-electron chi connectivity index (χ4n) is 1.98. The van der Waals surface area contributed by atoms with Crippen LogP contribution in [-0.4, -0.2) is 19.3 Å². The Morgan fingerprint density at radius 2 is 1.89 bits per heavy atom. The topological polar surface area (TPSA) is 21.3 Å². The average Bonchev–Trinajstić information content (AvgIpc) is 2.37. The van der Waals surface area contributed by atoms with E-state index in [9.17, 15) is 13.2 Å². The summed E-state index contributed by atoms with van der Waals surface area (Å²) in [5.74, 6) is 0. The maximum absolute atomic E-state index is 12.4. The molecule has 1 aliphatic heterocycles. The van der Waals surface area contributed by atoms with Gasteiger partial charge in [0.25, 0.3) is 0 Å². The van der Waals surface area contributed by atoms with Crippen molar-refractivity contribution in [2.75, 3.05) is 18.5 Å². The van der Waals surface area contributed by atoms with Crippen LogP contribution in [0, 0.1) is 0 Å². The monoisotopic (exact) mass is 259 g/mol. The van der Waals surface area contributed by atoms with E-state index in [4.69, 9.17) is 4.74 Å². The Morgan fingerprint density at radius 3 is 2.44 bits per heavy atom. The fraction of sp³-hybridized carbons (Fsp3) is 0.538. The molecule has 1 heterocycles. The first-order valence-electron chi connectivity index (χ1n) is 6.08. The predicted octanol–water partition coefficient (Wildman–Crippen LogP) is 3.69. The third-order valence-electron chi connectivity index (χ3n) is 3.02. The molecule has 2 nitrogen and oxygen atoms in total. The highest BCUT2D eigenvalue weighted by Crippen LogP contribution is 2.29. The van der Waals surface area contributed by atoms with Gasteiger partial charge in [0.2, 0.25) is 0 Å². The summed E-state index contributed by atoms with van der Waals surface area (Å²) in [6, 6.07) is 5.07. The average molecular weight is 259 g/mol. The Bertz CT molecular complexity index is 369. The molecule has 100 valence electrons. The number of ether oxygens (including phenoxy) is 1. The number of alkyl halides is 3. The van der Waals surface area contributed by atoms with Crippen molar-refractivity contribution in [3.05, 3.63) is 29.8 Å². The first kappa shape index (κ1) is 13.2. The summed E-state index contributed by atoms with van der Waals surface area (Å²) < 4.78 is 42.6. The molecule has 0 radical (unpaired) electrons. The largest absolute Gasteiger partial charge is 0.416 e. The number of rotatable bonds is 3.